The smallest absolute Gasteiger partial charge is 0.254 e. The molecule has 5 rings (SSSR count). The summed E-state index contributed by atoms with van der Waals surface area (Å²) in [5, 5.41) is 20.8. The van der Waals surface area contributed by atoms with Gasteiger partial charge in [0.15, 0.2) is 6.10 Å². The molecule has 0 spiro atoms. The maximum Gasteiger partial charge on any atom is 0.254 e. The number of nitrogens with zero attached hydrogens (tertiary/aromatic N) is 3. The Morgan fingerprint density at radius 2 is 1.62 bits per heavy atom. The lowest BCUT2D eigenvalue weighted by molar-refractivity contribution is -0.132. The Balaban J connectivity index is 1.37. The minimum absolute atomic E-state index is 0.244. The number of likely N-dealkylation sites (tertiary alicyclic amines) is 1. The Morgan fingerprint density at radius 1 is 1.00 bits per heavy atom. The highest BCUT2D eigenvalue weighted by Gasteiger charge is 2.43. The number of aromatic nitrogens is 2. The molecule has 1 aliphatic heterocycles. The van der Waals surface area contributed by atoms with Gasteiger partial charge in [-0.05, 0) is 89.7 Å². The predicted octanol–water partition coefficient (Wildman–Crippen LogP) is 4.64. The molecule has 1 saturated heterocycles. The first kappa shape index (κ1) is 29.8. The molecule has 0 unspecified atom stereocenters. The number of halogens is 2. The molecule has 2 aromatic carbocycles. The molecule has 3 aromatic rings. The van der Waals surface area contributed by atoms with Gasteiger partial charge in [-0.1, -0.05) is 30.3 Å². The van der Waals surface area contributed by atoms with Crippen molar-refractivity contribution >= 4 is 17.6 Å². The van der Waals surface area contributed by atoms with Crippen LogP contribution in [-0.4, -0.2) is 56.8 Å². The Morgan fingerprint density at radius 3 is 2.19 bits per heavy atom. The van der Waals surface area contributed by atoms with Gasteiger partial charge in [-0.2, -0.15) is 5.10 Å². The molecule has 2 aliphatic rings. The van der Waals surface area contributed by atoms with E-state index in [9.17, 15) is 23.5 Å². The largest absolute Gasteiger partial charge is 0.378 e. The summed E-state index contributed by atoms with van der Waals surface area (Å²) >= 11 is 0. The van der Waals surface area contributed by atoms with Gasteiger partial charge in [0.2, 0.25) is 5.91 Å². The van der Waals surface area contributed by atoms with E-state index in [1.54, 1.807) is 4.68 Å². The second-order valence-corrected chi connectivity index (χ2v) is 12.5. The average Bonchev–Trinajstić information content (AvgIpc) is 3.70. The zero-order valence-electron chi connectivity index (χ0n) is 24.5. The first-order valence-corrected chi connectivity index (χ1v) is 14.5. The summed E-state index contributed by atoms with van der Waals surface area (Å²) in [6, 6.07) is 14.4. The summed E-state index contributed by atoms with van der Waals surface area (Å²) in [6.07, 6.45) is 2.50. The first-order valence-electron chi connectivity index (χ1n) is 14.5. The summed E-state index contributed by atoms with van der Waals surface area (Å²) in [6.45, 7) is 9.44. The van der Waals surface area contributed by atoms with Crippen molar-refractivity contribution in [1.82, 2.24) is 20.0 Å². The van der Waals surface area contributed by atoms with Crippen molar-refractivity contribution in [3.8, 4) is 0 Å². The second-order valence-electron chi connectivity index (χ2n) is 12.5. The van der Waals surface area contributed by atoms with Crippen molar-refractivity contribution in [3.63, 3.8) is 0 Å². The molecular weight excluding hydrogens is 540 g/mol. The standard InChI is InChI=1S/C32H39F2N5O3/c1-20(35-30(42)28(40)21-16-23(33)18-24(34)17-21)29(41)36-27-19-26(37-39(27)31(2,3)4)32(22-8-6-5-7-9-22)12-14-38(15-13-32)25-10-11-25/h5-9,16-20,25,28,40H,10-15H2,1-4H3,(H,35,42)(H,36,41)/t20-,28-/m0/s1. The molecule has 10 heteroatoms. The van der Waals surface area contributed by atoms with E-state index >= 15 is 0 Å². The molecule has 42 heavy (non-hydrogen) atoms. The van der Waals surface area contributed by atoms with Crippen LogP contribution in [0, 0.1) is 11.6 Å². The SMILES string of the molecule is C[C@H](NC(=O)[C@@H](O)c1cc(F)cc(F)c1)C(=O)Nc1cc(C2(c3ccccc3)CCN(C3CC3)CC2)nn1C(C)(C)C. The summed E-state index contributed by atoms with van der Waals surface area (Å²) < 4.78 is 29.0. The average molecular weight is 580 g/mol. The number of piperidine rings is 1. The van der Waals surface area contributed by atoms with Gasteiger partial charge in [-0.15, -0.1) is 0 Å². The van der Waals surface area contributed by atoms with Crippen LogP contribution < -0.4 is 10.6 Å². The highest BCUT2D eigenvalue weighted by Crippen LogP contribution is 2.44. The van der Waals surface area contributed by atoms with Crippen molar-refractivity contribution in [2.24, 2.45) is 0 Å². The molecule has 0 bridgehead atoms. The van der Waals surface area contributed by atoms with E-state index in [1.807, 2.05) is 45.0 Å². The molecule has 3 N–H and O–H groups in total. The van der Waals surface area contributed by atoms with Crippen LogP contribution in [0.1, 0.15) is 76.3 Å². The van der Waals surface area contributed by atoms with E-state index in [0.717, 1.165) is 43.8 Å². The number of amides is 2. The number of hydrogen-bond donors (Lipinski definition) is 3. The Labute approximate surface area is 245 Å². The maximum atomic E-state index is 13.6. The van der Waals surface area contributed by atoms with Crippen LogP contribution in [0.25, 0.3) is 0 Å². The number of rotatable bonds is 8. The Hall–Kier alpha value is -3.63. The van der Waals surface area contributed by atoms with Crippen LogP contribution in [0.4, 0.5) is 14.6 Å². The van der Waals surface area contributed by atoms with Crippen LogP contribution in [0.2, 0.25) is 0 Å². The number of carbonyl (C=O) groups is 2. The van der Waals surface area contributed by atoms with Crippen LogP contribution in [0.3, 0.4) is 0 Å². The van der Waals surface area contributed by atoms with E-state index in [1.165, 1.54) is 25.3 Å². The number of carbonyl (C=O) groups excluding carboxylic acids is 2. The minimum Gasteiger partial charge on any atom is -0.378 e. The van der Waals surface area contributed by atoms with Crippen LogP contribution in [-0.2, 0) is 20.5 Å². The van der Waals surface area contributed by atoms with Crippen molar-refractivity contribution in [2.75, 3.05) is 18.4 Å². The molecule has 1 aromatic heterocycles. The summed E-state index contributed by atoms with van der Waals surface area (Å²) in [5.41, 5.74) is 1.06. The molecule has 0 radical (unpaired) electrons. The quantitative estimate of drug-likeness (QED) is 0.361. The third-order valence-electron chi connectivity index (χ3n) is 8.33. The van der Waals surface area contributed by atoms with Crippen molar-refractivity contribution < 1.29 is 23.5 Å². The number of hydrogen-bond acceptors (Lipinski definition) is 5. The van der Waals surface area contributed by atoms with Gasteiger partial charge in [-0.25, -0.2) is 13.5 Å². The van der Waals surface area contributed by atoms with Gasteiger partial charge in [0.25, 0.3) is 5.91 Å². The van der Waals surface area contributed by atoms with E-state index in [2.05, 4.69) is 27.7 Å². The topological polar surface area (TPSA) is 99.5 Å². The van der Waals surface area contributed by atoms with Crippen molar-refractivity contribution in [3.05, 3.63) is 83.1 Å². The lowest BCUT2D eigenvalue weighted by Gasteiger charge is -2.41. The van der Waals surface area contributed by atoms with E-state index in [0.29, 0.717) is 17.9 Å². The van der Waals surface area contributed by atoms with Gasteiger partial charge in [0.05, 0.1) is 11.2 Å². The Kier molecular flexibility index (Phi) is 8.22. The second kappa shape index (κ2) is 11.6. The van der Waals surface area contributed by atoms with Crippen LogP contribution >= 0.6 is 0 Å². The van der Waals surface area contributed by atoms with Gasteiger partial charge >= 0.3 is 0 Å². The molecule has 1 saturated carbocycles. The van der Waals surface area contributed by atoms with Crippen molar-refractivity contribution in [1.29, 1.82) is 0 Å². The first-order chi connectivity index (χ1) is 19.9. The molecule has 2 heterocycles. The van der Waals surface area contributed by atoms with Gasteiger partial charge in [0, 0.05) is 23.6 Å². The summed E-state index contributed by atoms with van der Waals surface area (Å²) in [5.74, 6) is -2.80. The van der Waals surface area contributed by atoms with Crippen molar-refractivity contribution in [2.45, 2.75) is 82.5 Å². The highest BCUT2D eigenvalue weighted by molar-refractivity contribution is 5.97. The number of benzene rings is 2. The van der Waals surface area contributed by atoms with Gasteiger partial charge < -0.3 is 20.6 Å². The minimum atomic E-state index is -1.84. The fourth-order valence-electron chi connectivity index (χ4n) is 5.85. The van der Waals surface area contributed by atoms with Gasteiger partial charge in [-0.3, -0.25) is 9.59 Å². The molecule has 1 aliphatic carbocycles. The molecular formula is C32H39F2N5O3. The van der Waals surface area contributed by atoms with E-state index in [4.69, 9.17) is 5.10 Å². The normalized spacial score (nSPS) is 18.7. The number of aliphatic hydroxyl groups is 1. The Bertz CT molecular complexity index is 1420. The number of aliphatic hydroxyl groups excluding tert-OH is 1. The lowest BCUT2D eigenvalue weighted by atomic mass is 9.70. The van der Waals surface area contributed by atoms with Gasteiger partial charge in [0.1, 0.15) is 23.5 Å². The molecule has 2 fully saturated rings. The fraction of sp³-hybridized carbons (Fsp3) is 0.469. The van der Waals surface area contributed by atoms with E-state index < -0.39 is 41.1 Å². The zero-order valence-corrected chi connectivity index (χ0v) is 24.5. The molecule has 2 amide bonds. The van der Waals surface area contributed by atoms with Crippen LogP contribution in [0.5, 0.6) is 0 Å². The maximum absolute atomic E-state index is 13.6. The third kappa shape index (κ3) is 6.24. The number of nitrogens with one attached hydrogen (secondary N) is 2. The monoisotopic (exact) mass is 579 g/mol. The molecule has 224 valence electrons. The summed E-state index contributed by atoms with van der Waals surface area (Å²) in [4.78, 5) is 28.5. The lowest BCUT2D eigenvalue weighted by Crippen LogP contribution is -2.44. The van der Waals surface area contributed by atoms with E-state index in [-0.39, 0.29) is 11.0 Å². The third-order valence-corrected chi connectivity index (χ3v) is 8.33. The highest BCUT2D eigenvalue weighted by atomic mass is 19.1. The van der Waals surface area contributed by atoms with Crippen LogP contribution in [0.15, 0.2) is 54.6 Å². The number of anilines is 1. The molecule has 2 atom stereocenters. The fourth-order valence-corrected chi connectivity index (χ4v) is 5.85. The summed E-state index contributed by atoms with van der Waals surface area (Å²) in [7, 11) is 0. The molecule has 8 nitrogen and oxygen atoms in total. The predicted molar refractivity (Wildman–Crippen MR) is 156 cm³/mol. The zero-order chi connectivity index (χ0) is 30.2.